The lowest BCUT2D eigenvalue weighted by molar-refractivity contribution is -0.124. The molecule has 0 radical (unpaired) electrons. The average Bonchev–Trinajstić information content (AvgIpc) is 2.35. The van der Waals surface area contributed by atoms with Crippen LogP contribution in [0, 0.1) is 0 Å². The summed E-state index contributed by atoms with van der Waals surface area (Å²) in [5, 5.41) is 12.1. The van der Waals surface area contributed by atoms with Crippen LogP contribution < -0.4 is 5.32 Å². The zero-order valence-corrected chi connectivity index (χ0v) is 10.7. The van der Waals surface area contributed by atoms with E-state index in [2.05, 4.69) is 24.4 Å². The minimum Gasteiger partial charge on any atom is -0.390 e. The Balaban J connectivity index is 1.69. The number of aliphatic hydroxyl groups excluding tert-OH is 1. The largest absolute Gasteiger partial charge is 0.390 e. The maximum absolute atomic E-state index is 11.7. The van der Waals surface area contributed by atoms with E-state index in [1.807, 2.05) is 23.1 Å². The Morgan fingerprint density at radius 2 is 2.11 bits per heavy atom. The topological polar surface area (TPSA) is 52.6 Å². The molecule has 2 N–H and O–H groups in total. The maximum Gasteiger partial charge on any atom is 0.234 e. The average molecular weight is 248 g/mol. The zero-order chi connectivity index (χ0) is 13.0. The first-order chi connectivity index (χ1) is 8.65. The highest BCUT2D eigenvalue weighted by Gasteiger charge is 2.25. The van der Waals surface area contributed by atoms with Gasteiger partial charge in [0.15, 0.2) is 0 Å². The number of nitrogens with zero attached hydrogens (tertiary/aromatic N) is 1. The predicted octanol–water partition coefficient (Wildman–Crippen LogP) is 0.583. The number of likely N-dealkylation sites (tertiary alicyclic amines) is 1. The van der Waals surface area contributed by atoms with Crippen LogP contribution in [0.1, 0.15) is 18.4 Å². The van der Waals surface area contributed by atoms with Crippen LogP contribution in [-0.4, -0.2) is 48.2 Å². The molecule has 1 amide bonds. The van der Waals surface area contributed by atoms with Crippen molar-refractivity contribution in [1.29, 1.82) is 0 Å². The van der Waals surface area contributed by atoms with Crippen molar-refractivity contribution in [2.75, 3.05) is 26.2 Å². The molecule has 4 nitrogen and oxygen atoms in total. The number of hydrogen-bond donors (Lipinski definition) is 2. The van der Waals surface area contributed by atoms with Crippen LogP contribution in [0.2, 0.25) is 0 Å². The van der Waals surface area contributed by atoms with Gasteiger partial charge in [-0.05, 0) is 11.5 Å². The van der Waals surface area contributed by atoms with Crippen LogP contribution in [-0.2, 0) is 4.79 Å². The number of benzene rings is 1. The molecule has 98 valence electrons. The van der Waals surface area contributed by atoms with E-state index in [0.717, 1.165) is 0 Å². The number of hydrogen-bond acceptors (Lipinski definition) is 3. The number of rotatable bonds is 5. The van der Waals surface area contributed by atoms with Gasteiger partial charge in [0.1, 0.15) is 0 Å². The van der Waals surface area contributed by atoms with E-state index in [-0.39, 0.29) is 12.0 Å². The Hall–Kier alpha value is -1.39. The monoisotopic (exact) mass is 248 g/mol. The van der Waals surface area contributed by atoms with Crippen molar-refractivity contribution in [3.8, 4) is 0 Å². The molecule has 0 bridgehead atoms. The quantitative estimate of drug-likeness (QED) is 0.801. The molecular weight excluding hydrogens is 228 g/mol. The van der Waals surface area contributed by atoms with Crippen molar-refractivity contribution in [1.82, 2.24) is 10.2 Å². The lowest BCUT2D eigenvalue weighted by Gasteiger charge is -2.35. The fourth-order valence-electron chi connectivity index (χ4n) is 2.10. The van der Waals surface area contributed by atoms with E-state index < -0.39 is 0 Å². The summed E-state index contributed by atoms with van der Waals surface area (Å²) < 4.78 is 0. The molecule has 0 spiro atoms. The van der Waals surface area contributed by atoms with Crippen LogP contribution in [0.5, 0.6) is 0 Å². The van der Waals surface area contributed by atoms with Crippen LogP contribution in [0.4, 0.5) is 0 Å². The molecule has 1 aliphatic heterocycles. The molecule has 1 atom stereocenters. The lowest BCUT2D eigenvalue weighted by atomic mass is 10.0. The van der Waals surface area contributed by atoms with Gasteiger partial charge in [-0.3, -0.25) is 9.69 Å². The molecule has 0 saturated carbocycles. The van der Waals surface area contributed by atoms with Crippen molar-refractivity contribution in [2.45, 2.75) is 18.9 Å². The summed E-state index contributed by atoms with van der Waals surface area (Å²) in [6, 6.07) is 10.2. The molecule has 2 rings (SSSR count). The van der Waals surface area contributed by atoms with Gasteiger partial charge in [0, 0.05) is 19.6 Å². The van der Waals surface area contributed by atoms with E-state index in [9.17, 15) is 4.79 Å². The number of aliphatic hydroxyl groups is 1. The molecular formula is C14H20N2O2. The third-order valence-electron chi connectivity index (χ3n) is 3.28. The summed E-state index contributed by atoms with van der Waals surface area (Å²) in [4.78, 5) is 13.6. The van der Waals surface area contributed by atoms with Crippen molar-refractivity contribution in [3.63, 3.8) is 0 Å². The fraction of sp³-hybridized carbons (Fsp3) is 0.500. The number of amides is 1. The second-order valence-corrected chi connectivity index (χ2v) is 4.96. The van der Waals surface area contributed by atoms with Gasteiger partial charge >= 0.3 is 0 Å². The van der Waals surface area contributed by atoms with E-state index in [0.29, 0.717) is 32.1 Å². The standard InChI is InChI=1S/C14H20N2O2/c1-11(12-5-3-2-4-6-12)7-15-14(18)10-16-8-13(17)9-16/h2-6,11,13,17H,7-10H2,1H3,(H,15,18). The van der Waals surface area contributed by atoms with E-state index in [1.165, 1.54) is 5.56 Å². The summed E-state index contributed by atoms with van der Waals surface area (Å²) >= 11 is 0. The van der Waals surface area contributed by atoms with Gasteiger partial charge in [-0.25, -0.2) is 0 Å². The third-order valence-corrected chi connectivity index (χ3v) is 3.28. The van der Waals surface area contributed by atoms with Crippen molar-refractivity contribution >= 4 is 5.91 Å². The minimum atomic E-state index is -0.249. The molecule has 0 aromatic heterocycles. The Morgan fingerprint density at radius 3 is 2.72 bits per heavy atom. The van der Waals surface area contributed by atoms with Gasteiger partial charge in [0.05, 0.1) is 12.6 Å². The van der Waals surface area contributed by atoms with Crippen LogP contribution in [0.3, 0.4) is 0 Å². The Kier molecular flexibility index (Phi) is 4.33. The second-order valence-electron chi connectivity index (χ2n) is 4.96. The highest BCUT2D eigenvalue weighted by Crippen LogP contribution is 2.13. The summed E-state index contributed by atoms with van der Waals surface area (Å²) in [7, 11) is 0. The molecule has 18 heavy (non-hydrogen) atoms. The second kappa shape index (κ2) is 5.98. The van der Waals surface area contributed by atoms with Crippen LogP contribution in [0.25, 0.3) is 0 Å². The van der Waals surface area contributed by atoms with Crippen molar-refractivity contribution < 1.29 is 9.90 Å². The SMILES string of the molecule is CC(CNC(=O)CN1CC(O)C1)c1ccccc1. The number of β-amino-alcohol motifs (C(OH)–C–C–N with tert-alkyl or cyclic N) is 1. The molecule has 1 aliphatic rings. The fourth-order valence-corrected chi connectivity index (χ4v) is 2.10. The van der Waals surface area contributed by atoms with Gasteiger partial charge in [-0.2, -0.15) is 0 Å². The number of carbonyl (C=O) groups excluding carboxylic acids is 1. The summed E-state index contributed by atoms with van der Waals surface area (Å²) in [6.45, 7) is 4.37. The van der Waals surface area contributed by atoms with Crippen LogP contribution in [0.15, 0.2) is 30.3 Å². The van der Waals surface area contributed by atoms with Gasteiger partial charge < -0.3 is 10.4 Å². The van der Waals surface area contributed by atoms with Crippen molar-refractivity contribution in [2.24, 2.45) is 0 Å². The number of nitrogens with one attached hydrogen (secondary N) is 1. The Morgan fingerprint density at radius 1 is 1.44 bits per heavy atom. The van der Waals surface area contributed by atoms with Gasteiger partial charge in [-0.1, -0.05) is 37.3 Å². The molecule has 0 aliphatic carbocycles. The Labute approximate surface area is 108 Å². The first-order valence-electron chi connectivity index (χ1n) is 6.37. The lowest BCUT2D eigenvalue weighted by Crippen LogP contribution is -2.54. The predicted molar refractivity (Wildman–Crippen MR) is 70.3 cm³/mol. The third kappa shape index (κ3) is 3.55. The highest BCUT2D eigenvalue weighted by molar-refractivity contribution is 5.78. The zero-order valence-electron chi connectivity index (χ0n) is 10.7. The maximum atomic E-state index is 11.7. The van der Waals surface area contributed by atoms with E-state index in [4.69, 9.17) is 5.11 Å². The molecule has 1 fully saturated rings. The van der Waals surface area contributed by atoms with Crippen LogP contribution >= 0.6 is 0 Å². The summed E-state index contributed by atoms with van der Waals surface area (Å²) in [5.41, 5.74) is 1.23. The smallest absolute Gasteiger partial charge is 0.234 e. The van der Waals surface area contributed by atoms with Gasteiger partial charge in [0.25, 0.3) is 0 Å². The normalized spacial score (nSPS) is 18.1. The molecule has 1 heterocycles. The molecule has 1 aromatic rings. The number of carbonyl (C=O) groups is 1. The Bertz CT molecular complexity index is 388. The van der Waals surface area contributed by atoms with Gasteiger partial charge in [-0.15, -0.1) is 0 Å². The van der Waals surface area contributed by atoms with Crippen molar-refractivity contribution in [3.05, 3.63) is 35.9 Å². The van der Waals surface area contributed by atoms with E-state index >= 15 is 0 Å². The first-order valence-corrected chi connectivity index (χ1v) is 6.37. The molecule has 1 aromatic carbocycles. The first kappa shape index (κ1) is 13.1. The van der Waals surface area contributed by atoms with Gasteiger partial charge in [0.2, 0.25) is 5.91 Å². The summed E-state index contributed by atoms with van der Waals surface area (Å²) in [5.74, 6) is 0.349. The summed E-state index contributed by atoms with van der Waals surface area (Å²) in [6.07, 6.45) is -0.249. The van der Waals surface area contributed by atoms with E-state index in [1.54, 1.807) is 0 Å². The highest BCUT2D eigenvalue weighted by atomic mass is 16.3. The molecule has 1 saturated heterocycles. The molecule has 1 unspecified atom stereocenters. The minimum absolute atomic E-state index is 0.0321. The molecule has 4 heteroatoms.